The van der Waals surface area contributed by atoms with E-state index in [-0.39, 0.29) is 0 Å². The third-order valence-corrected chi connectivity index (χ3v) is 4.05. The Morgan fingerprint density at radius 1 is 1.14 bits per heavy atom. The maximum Gasteiger partial charge on any atom is 0.196 e. The number of hydrogen-bond donors (Lipinski definition) is 2. The van der Waals surface area contributed by atoms with Crippen molar-refractivity contribution in [2.75, 3.05) is 19.6 Å². The van der Waals surface area contributed by atoms with Crippen molar-refractivity contribution in [2.45, 2.75) is 13.0 Å². The molecule has 4 nitrogen and oxygen atoms in total. The molecule has 2 aromatic carbocycles. The number of nitrogens with zero attached hydrogens (tertiary/aromatic N) is 2. The van der Waals surface area contributed by atoms with Gasteiger partial charge in [0.25, 0.3) is 0 Å². The molecule has 3 N–H and O–H groups in total. The lowest BCUT2D eigenvalue weighted by Gasteiger charge is -2.34. The molecule has 1 unspecified atom stereocenters. The standard InChI is InChI=1S/C18H22N4/c1-14-7-5-6-10-16(14)21-18(19)22-12-11-20-17(13-22)15-8-3-2-4-9-15/h2-10,17,20H,11-13H2,1H3,(H2,19,21). The first-order valence-electron chi connectivity index (χ1n) is 7.67. The van der Waals surface area contributed by atoms with Crippen molar-refractivity contribution in [1.29, 1.82) is 0 Å². The molecule has 2 aromatic rings. The molecule has 1 aliphatic heterocycles. The van der Waals surface area contributed by atoms with Gasteiger partial charge in [-0.3, -0.25) is 0 Å². The van der Waals surface area contributed by atoms with Gasteiger partial charge in [0.1, 0.15) is 0 Å². The monoisotopic (exact) mass is 294 g/mol. The van der Waals surface area contributed by atoms with Gasteiger partial charge in [0, 0.05) is 25.7 Å². The molecule has 0 spiro atoms. The molecule has 0 bridgehead atoms. The minimum absolute atomic E-state index is 0.292. The summed E-state index contributed by atoms with van der Waals surface area (Å²) < 4.78 is 0. The first-order valence-corrected chi connectivity index (χ1v) is 7.67. The van der Waals surface area contributed by atoms with Crippen LogP contribution in [0.2, 0.25) is 0 Å². The van der Waals surface area contributed by atoms with Crippen LogP contribution in [0.25, 0.3) is 0 Å². The van der Waals surface area contributed by atoms with Crippen molar-refractivity contribution in [2.24, 2.45) is 10.7 Å². The number of benzene rings is 2. The maximum absolute atomic E-state index is 6.24. The zero-order valence-electron chi connectivity index (χ0n) is 12.9. The Morgan fingerprint density at radius 2 is 1.86 bits per heavy atom. The summed E-state index contributed by atoms with van der Waals surface area (Å²) in [5.41, 5.74) is 9.60. The topological polar surface area (TPSA) is 53.6 Å². The molecule has 4 heteroatoms. The second kappa shape index (κ2) is 6.62. The smallest absolute Gasteiger partial charge is 0.196 e. The number of piperazine rings is 1. The second-order valence-electron chi connectivity index (χ2n) is 5.62. The highest BCUT2D eigenvalue weighted by Crippen LogP contribution is 2.20. The quantitative estimate of drug-likeness (QED) is 0.661. The SMILES string of the molecule is Cc1ccccc1N=C(N)N1CCNC(c2ccccc2)C1. The van der Waals surface area contributed by atoms with Crippen molar-refractivity contribution >= 4 is 11.6 Å². The third kappa shape index (κ3) is 3.28. The summed E-state index contributed by atoms with van der Waals surface area (Å²) in [6.45, 7) is 4.68. The highest BCUT2D eigenvalue weighted by Gasteiger charge is 2.21. The Bertz CT molecular complexity index is 651. The molecule has 0 radical (unpaired) electrons. The highest BCUT2D eigenvalue weighted by molar-refractivity contribution is 5.81. The Kier molecular flexibility index (Phi) is 4.39. The van der Waals surface area contributed by atoms with Crippen LogP contribution in [0.5, 0.6) is 0 Å². The molecule has 3 rings (SSSR count). The van der Waals surface area contributed by atoms with Crippen LogP contribution in [-0.2, 0) is 0 Å². The summed E-state index contributed by atoms with van der Waals surface area (Å²) in [6.07, 6.45) is 0. The van der Waals surface area contributed by atoms with Crippen LogP contribution >= 0.6 is 0 Å². The van der Waals surface area contributed by atoms with Crippen LogP contribution in [0.15, 0.2) is 59.6 Å². The fraction of sp³-hybridized carbons (Fsp3) is 0.278. The molecule has 1 aliphatic rings. The fourth-order valence-electron chi connectivity index (χ4n) is 2.75. The van der Waals surface area contributed by atoms with Gasteiger partial charge in [0.05, 0.1) is 5.69 Å². The van der Waals surface area contributed by atoms with E-state index in [1.807, 2.05) is 24.3 Å². The number of nitrogens with two attached hydrogens (primary N) is 1. The molecule has 0 aliphatic carbocycles. The van der Waals surface area contributed by atoms with E-state index in [9.17, 15) is 0 Å². The van der Waals surface area contributed by atoms with Crippen LogP contribution < -0.4 is 11.1 Å². The number of para-hydroxylation sites is 1. The molecule has 114 valence electrons. The molecule has 1 heterocycles. The summed E-state index contributed by atoms with van der Waals surface area (Å²) in [7, 11) is 0. The summed E-state index contributed by atoms with van der Waals surface area (Å²) >= 11 is 0. The van der Waals surface area contributed by atoms with Gasteiger partial charge >= 0.3 is 0 Å². The summed E-state index contributed by atoms with van der Waals surface area (Å²) in [5, 5.41) is 3.54. The minimum Gasteiger partial charge on any atom is -0.369 e. The number of aliphatic imine (C=N–C) groups is 1. The average Bonchev–Trinajstić information content (AvgIpc) is 2.58. The van der Waals surface area contributed by atoms with Gasteiger partial charge in [0.15, 0.2) is 5.96 Å². The lowest BCUT2D eigenvalue weighted by molar-refractivity contribution is 0.292. The minimum atomic E-state index is 0.292. The van der Waals surface area contributed by atoms with E-state index < -0.39 is 0 Å². The molecular formula is C18H22N4. The number of guanidine groups is 1. The van der Waals surface area contributed by atoms with Crippen molar-refractivity contribution in [3.63, 3.8) is 0 Å². The molecule has 0 amide bonds. The predicted octanol–water partition coefficient (Wildman–Crippen LogP) is 2.59. The van der Waals surface area contributed by atoms with Gasteiger partial charge in [0.2, 0.25) is 0 Å². The Morgan fingerprint density at radius 3 is 2.64 bits per heavy atom. The third-order valence-electron chi connectivity index (χ3n) is 4.05. The van der Waals surface area contributed by atoms with Gasteiger partial charge in [-0.1, -0.05) is 48.5 Å². The van der Waals surface area contributed by atoms with E-state index in [1.54, 1.807) is 0 Å². The number of aryl methyl sites for hydroxylation is 1. The van der Waals surface area contributed by atoms with Crippen LogP contribution in [-0.4, -0.2) is 30.5 Å². The molecule has 1 saturated heterocycles. The summed E-state index contributed by atoms with van der Waals surface area (Å²) in [6, 6.07) is 18.8. The second-order valence-corrected chi connectivity index (χ2v) is 5.62. The van der Waals surface area contributed by atoms with Gasteiger partial charge < -0.3 is 16.0 Å². The number of hydrogen-bond acceptors (Lipinski definition) is 2. The van der Waals surface area contributed by atoms with Crippen LogP contribution in [0.1, 0.15) is 17.2 Å². The molecule has 0 aromatic heterocycles. The average molecular weight is 294 g/mol. The summed E-state index contributed by atoms with van der Waals surface area (Å²) in [4.78, 5) is 6.76. The van der Waals surface area contributed by atoms with E-state index in [4.69, 9.17) is 5.73 Å². The van der Waals surface area contributed by atoms with Crippen molar-refractivity contribution in [3.8, 4) is 0 Å². The first-order chi connectivity index (χ1) is 10.7. The summed E-state index contributed by atoms with van der Waals surface area (Å²) in [5.74, 6) is 0.594. The maximum atomic E-state index is 6.24. The first kappa shape index (κ1) is 14.6. The molecule has 1 atom stereocenters. The van der Waals surface area contributed by atoms with E-state index in [0.717, 1.165) is 30.9 Å². The van der Waals surface area contributed by atoms with Crippen LogP contribution in [0.4, 0.5) is 5.69 Å². The Balaban J connectivity index is 1.76. The van der Waals surface area contributed by atoms with Gasteiger partial charge in [-0.05, 0) is 24.1 Å². The largest absolute Gasteiger partial charge is 0.369 e. The van der Waals surface area contributed by atoms with E-state index in [2.05, 4.69) is 52.5 Å². The number of nitrogens with one attached hydrogen (secondary N) is 1. The fourth-order valence-corrected chi connectivity index (χ4v) is 2.75. The molecule has 1 fully saturated rings. The normalized spacial score (nSPS) is 19.2. The van der Waals surface area contributed by atoms with Crippen molar-refractivity contribution in [3.05, 3.63) is 65.7 Å². The highest BCUT2D eigenvalue weighted by atomic mass is 15.3. The van der Waals surface area contributed by atoms with Gasteiger partial charge in [-0.25, -0.2) is 4.99 Å². The van der Waals surface area contributed by atoms with Crippen LogP contribution in [0, 0.1) is 6.92 Å². The van der Waals surface area contributed by atoms with Crippen molar-refractivity contribution < 1.29 is 0 Å². The molecular weight excluding hydrogens is 272 g/mol. The zero-order valence-corrected chi connectivity index (χ0v) is 12.9. The number of rotatable bonds is 2. The Labute approximate surface area is 131 Å². The lowest BCUT2D eigenvalue weighted by atomic mass is 10.0. The molecule has 22 heavy (non-hydrogen) atoms. The van der Waals surface area contributed by atoms with E-state index in [0.29, 0.717) is 12.0 Å². The molecule has 0 saturated carbocycles. The van der Waals surface area contributed by atoms with Gasteiger partial charge in [-0.15, -0.1) is 0 Å². The van der Waals surface area contributed by atoms with E-state index in [1.165, 1.54) is 5.56 Å². The van der Waals surface area contributed by atoms with Gasteiger partial charge in [-0.2, -0.15) is 0 Å². The van der Waals surface area contributed by atoms with Crippen molar-refractivity contribution in [1.82, 2.24) is 10.2 Å². The zero-order chi connectivity index (χ0) is 15.4. The van der Waals surface area contributed by atoms with E-state index >= 15 is 0 Å². The Hall–Kier alpha value is -2.33. The van der Waals surface area contributed by atoms with Crippen LogP contribution in [0.3, 0.4) is 0 Å². The lowest BCUT2D eigenvalue weighted by Crippen LogP contribution is -2.50. The predicted molar refractivity (Wildman–Crippen MR) is 91.2 cm³/mol.